The van der Waals surface area contributed by atoms with Gasteiger partial charge in [0.05, 0.1) is 5.69 Å². The van der Waals surface area contributed by atoms with E-state index in [9.17, 15) is 13.6 Å². The highest BCUT2D eigenvalue weighted by molar-refractivity contribution is 5.90. The van der Waals surface area contributed by atoms with Crippen molar-refractivity contribution in [1.29, 1.82) is 0 Å². The van der Waals surface area contributed by atoms with E-state index in [0.29, 0.717) is 31.9 Å². The Morgan fingerprint density at radius 3 is 2.30 bits per heavy atom. The summed E-state index contributed by atoms with van der Waals surface area (Å²) in [5, 5.41) is 3.01. The third-order valence-corrected chi connectivity index (χ3v) is 4.79. The first-order valence-electron chi connectivity index (χ1n) is 9.11. The SMILES string of the molecule is CC(C)(C)c1ccccc1NC(=O)N1CCN(c2ccc(F)cc2F)CC1. The van der Waals surface area contributed by atoms with Gasteiger partial charge in [-0.05, 0) is 29.2 Å². The minimum atomic E-state index is -0.591. The predicted octanol–water partition coefficient (Wildman–Crippen LogP) is 4.62. The number of anilines is 2. The van der Waals surface area contributed by atoms with Gasteiger partial charge in [0.1, 0.15) is 11.6 Å². The van der Waals surface area contributed by atoms with Crippen LogP contribution in [0.4, 0.5) is 25.0 Å². The minimum Gasteiger partial charge on any atom is -0.366 e. The Morgan fingerprint density at radius 2 is 1.67 bits per heavy atom. The average Bonchev–Trinajstić information content (AvgIpc) is 2.61. The van der Waals surface area contributed by atoms with Crippen LogP contribution in [-0.2, 0) is 5.41 Å². The molecule has 2 amide bonds. The molecule has 1 aliphatic heterocycles. The molecule has 0 unspecified atom stereocenters. The number of hydrogen-bond donors (Lipinski definition) is 1. The summed E-state index contributed by atoms with van der Waals surface area (Å²) in [6.07, 6.45) is 0. The molecule has 0 bridgehead atoms. The maximum absolute atomic E-state index is 14.0. The van der Waals surface area contributed by atoms with E-state index in [2.05, 4.69) is 26.1 Å². The molecule has 0 radical (unpaired) electrons. The summed E-state index contributed by atoms with van der Waals surface area (Å²) < 4.78 is 27.0. The lowest BCUT2D eigenvalue weighted by Crippen LogP contribution is -2.50. The van der Waals surface area contributed by atoms with Crippen LogP contribution in [0.1, 0.15) is 26.3 Å². The summed E-state index contributed by atoms with van der Waals surface area (Å²) in [6.45, 7) is 8.25. The number of hydrogen-bond acceptors (Lipinski definition) is 2. The van der Waals surface area contributed by atoms with Crippen molar-refractivity contribution in [3.63, 3.8) is 0 Å². The van der Waals surface area contributed by atoms with Crippen molar-refractivity contribution in [3.8, 4) is 0 Å². The van der Waals surface area contributed by atoms with Gasteiger partial charge in [-0.3, -0.25) is 0 Å². The Hall–Kier alpha value is -2.63. The average molecular weight is 373 g/mol. The molecule has 144 valence electrons. The van der Waals surface area contributed by atoms with Crippen molar-refractivity contribution < 1.29 is 13.6 Å². The van der Waals surface area contributed by atoms with Crippen LogP contribution in [-0.4, -0.2) is 37.1 Å². The van der Waals surface area contributed by atoms with E-state index in [0.717, 1.165) is 17.3 Å². The number of amides is 2. The Kier molecular flexibility index (Phi) is 5.35. The van der Waals surface area contributed by atoms with E-state index in [1.165, 1.54) is 12.1 Å². The summed E-state index contributed by atoms with van der Waals surface area (Å²) in [5.74, 6) is -1.17. The molecule has 27 heavy (non-hydrogen) atoms. The summed E-state index contributed by atoms with van der Waals surface area (Å²) in [7, 11) is 0. The number of carbonyl (C=O) groups is 1. The number of rotatable bonds is 2. The molecule has 4 nitrogen and oxygen atoms in total. The summed E-state index contributed by atoms with van der Waals surface area (Å²) in [5.41, 5.74) is 2.17. The van der Waals surface area contributed by atoms with Crippen LogP contribution in [0.15, 0.2) is 42.5 Å². The fourth-order valence-corrected chi connectivity index (χ4v) is 3.33. The topological polar surface area (TPSA) is 35.6 Å². The first-order chi connectivity index (χ1) is 12.8. The van der Waals surface area contributed by atoms with Crippen LogP contribution in [0, 0.1) is 11.6 Å². The van der Waals surface area contributed by atoms with Crippen molar-refractivity contribution in [2.45, 2.75) is 26.2 Å². The molecule has 1 aliphatic rings. The zero-order valence-corrected chi connectivity index (χ0v) is 15.9. The van der Waals surface area contributed by atoms with Crippen LogP contribution in [0.25, 0.3) is 0 Å². The third kappa shape index (κ3) is 4.38. The fraction of sp³-hybridized carbons (Fsp3) is 0.381. The number of carbonyl (C=O) groups excluding carboxylic acids is 1. The molecule has 0 aliphatic carbocycles. The highest BCUT2D eigenvalue weighted by Crippen LogP contribution is 2.29. The summed E-state index contributed by atoms with van der Waals surface area (Å²) >= 11 is 0. The molecule has 3 rings (SSSR count). The van der Waals surface area contributed by atoms with Gasteiger partial charge >= 0.3 is 6.03 Å². The molecule has 0 spiro atoms. The molecular weight excluding hydrogens is 348 g/mol. The lowest BCUT2D eigenvalue weighted by molar-refractivity contribution is 0.208. The summed E-state index contributed by atoms with van der Waals surface area (Å²) in [6, 6.07) is 11.2. The second kappa shape index (κ2) is 7.55. The second-order valence-corrected chi connectivity index (χ2v) is 7.80. The monoisotopic (exact) mass is 373 g/mol. The lowest BCUT2D eigenvalue weighted by Gasteiger charge is -2.36. The predicted molar refractivity (Wildman–Crippen MR) is 104 cm³/mol. The Bertz CT molecular complexity index is 824. The maximum Gasteiger partial charge on any atom is 0.321 e. The van der Waals surface area contributed by atoms with Crippen LogP contribution in [0.2, 0.25) is 0 Å². The van der Waals surface area contributed by atoms with E-state index >= 15 is 0 Å². The number of benzene rings is 2. The lowest BCUT2D eigenvalue weighted by atomic mass is 9.86. The standard InChI is InChI=1S/C21H25F2N3O/c1-21(2,3)16-6-4-5-7-18(16)24-20(27)26-12-10-25(11-13-26)19-9-8-15(22)14-17(19)23/h4-9,14H,10-13H2,1-3H3,(H,24,27). The Morgan fingerprint density at radius 1 is 1.00 bits per heavy atom. The van der Waals surface area contributed by atoms with Gasteiger partial charge in [0.15, 0.2) is 0 Å². The maximum atomic E-state index is 14.0. The van der Waals surface area contributed by atoms with Crippen molar-refractivity contribution in [1.82, 2.24) is 4.90 Å². The number of piperazine rings is 1. The van der Waals surface area contributed by atoms with Crippen LogP contribution in [0.3, 0.4) is 0 Å². The van der Waals surface area contributed by atoms with E-state index in [-0.39, 0.29) is 11.4 Å². The molecule has 0 aromatic heterocycles. The van der Waals surface area contributed by atoms with Crippen LogP contribution in [0.5, 0.6) is 0 Å². The zero-order valence-electron chi connectivity index (χ0n) is 15.9. The molecular formula is C21H25F2N3O. The molecule has 2 aromatic carbocycles. The quantitative estimate of drug-likeness (QED) is 0.834. The van der Waals surface area contributed by atoms with Gasteiger partial charge in [-0.2, -0.15) is 0 Å². The highest BCUT2D eigenvalue weighted by atomic mass is 19.1. The smallest absolute Gasteiger partial charge is 0.321 e. The molecule has 2 aromatic rings. The third-order valence-electron chi connectivity index (χ3n) is 4.79. The Balaban J connectivity index is 1.64. The molecule has 0 saturated carbocycles. The van der Waals surface area contributed by atoms with Crippen molar-refractivity contribution >= 4 is 17.4 Å². The van der Waals surface area contributed by atoms with Gasteiger partial charge in [-0.25, -0.2) is 13.6 Å². The number of para-hydroxylation sites is 1. The number of nitrogens with one attached hydrogen (secondary N) is 1. The van der Waals surface area contributed by atoms with Crippen LogP contribution < -0.4 is 10.2 Å². The van der Waals surface area contributed by atoms with Gasteiger partial charge in [-0.1, -0.05) is 39.0 Å². The first-order valence-corrected chi connectivity index (χ1v) is 9.11. The number of nitrogens with zero attached hydrogens (tertiary/aromatic N) is 2. The van der Waals surface area contributed by atoms with E-state index in [4.69, 9.17) is 0 Å². The van der Waals surface area contributed by atoms with Gasteiger partial charge in [-0.15, -0.1) is 0 Å². The normalized spacial score (nSPS) is 15.0. The van der Waals surface area contributed by atoms with Crippen LogP contribution >= 0.6 is 0 Å². The van der Waals surface area contributed by atoms with Gasteiger partial charge < -0.3 is 15.1 Å². The van der Waals surface area contributed by atoms with Gasteiger partial charge in [0, 0.05) is 37.9 Å². The molecule has 1 heterocycles. The number of halogens is 2. The van der Waals surface area contributed by atoms with E-state index < -0.39 is 11.6 Å². The molecule has 1 fully saturated rings. The molecule has 1 saturated heterocycles. The van der Waals surface area contributed by atoms with Crippen molar-refractivity contribution in [3.05, 3.63) is 59.7 Å². The fourth-order valence-electron chi connectivity index (χ4n) is 3.33. The van der Waals surface area contributed by atoms with E-state index in [1.54, 1.807) is 4.90 Å². The van der Waals surface area contributed by atoms with E-state index in [1.807, 2.05) is 29.2 Å². The number of urea groups is 1. The van der Waals surface area contributed by atoms with Crippen molar-refractivity contribution in [2.75, 3.05) is 36.4 Å². The largest absolute Gasteiger partial charge is 0.366 e. The zero-order chi connectivity index (χ0) is 19.6. The summed E-state index contributed by atoms with van der Waals surface area (Å²) in [4.78, 5) is 16.2. The Labute approximate surface area is 158 Å². The first kappa shape index (κ1) is 19.1. The molecule has 0 atom stereocenters. The van der Waals surface area contributed by atoms with Gasteiger partial charge in [0.2, 0.25) is 0 Å². The molecule has 1 N–H and O–H groups in total. The van der Waals surface area contributed by atoms with Gasteiger partial charge in [0.25, 0.3) is 0 Å². The molecule has 6 heteroatoms. The second-order valence-electron chi connectivity index (χ2n) is 7.80. The highest BCUT2D eigenvalue weighted by Gasteiger charge is 2.25. The van der Waals surface area contributed by atoms with Crippen molar-refractivity contribution in [2.24, 2.45) is 0 Å². The minimum absolute atomic E-state index is 0.0807.